The quantitative estimate of drug-likeness (QED) is 0.580. The number of carbonyl (C=O) groups is 1. The van der Waals surface area contributed by atoms with Crippen LogP contribution in [0.1, 0.15) is 36.8 Å². The zero-order valence-corrected chi connectivity index (χ0v) is 17.3. The fourth-order valence-electron chi connectivity index (χ4n) is 3.77. The van der Waals surface area contributed by atoms with Crippen LogP contribution in [0, 0.1) is 5.92 Å². The van der Waals surface area contributed by atoms with Gasteiger partial charge in [0, 0.05) is 0 Å². The van der Waals surface area contributed by atoms with E-state index < -0.39 is 0 Å². The molecule has 0 aliphatic heterocycles. The lowest BCUT2D eigenvalue weighted by atomic mass is 9.86. The van der Waals surface area contributed by atoms with Crippen LogP contribution >= 0.6 is 0 Å². The number of hydrogen-bond donors (Lipinski definition) is 0. The lowest BCUT2D eigenvalue weighted by molar-refractivity contribution is -0.158. The van der Waals surface area contributed by atoms with Gasteiger partial charge in [-0.15, -0.1) is 0 Å². The molecular formula is C24H30O5. The maximum atomic E-state index is 12.6. The van der Waals surface area contributed by atoms with Crippen LogP contribution in [0.25, 0.3) is 0 Å². The van der Waals surface area contributed by atoms with Gasteiger partial charge in [0.15, 0.2) is 11.5 Å². The Morgan fingerprint density at radius 3 is 2.45 bits per heavy atom. The second-order valence-electron chi connectivity index (χ2n) is 7.33. The van der Waals surface area contributed by atoms with Crippen LogP contribution in [0.15, 0.2) is 48.5 Å². The second-order valence-corrected chi connectivity index (χ2v) is 7.33. The van der Waals surface area contributed by atoms with Crippen LogP contribution in [0.3, 0.4) is 0 Å². The van der Waals surface area contributed by atoms with E-state index in [2.05, 4.69) is 0 Å². The van der Waals surface area contributed by atoms with Crippen LogP contribution in [-0.2, 0) is 27.3 Å². The molecule has 5 nitrogen and oxygen atoms in total. The van der Waals surface area contributed by atoms with Gasteiger partial charge >= 0.3 is 5.97 Å². The van der Waals surface area contributed by atoms with Crippen molar-refractivity contribution in [2.45, 2.75) is 44.8 Å². The summed E-state index contributed by atoms with van der Waals surface area (Å²) in [6.45, 7) is 0.872. The lowest BCUT2D eigenvalue weighted by Crippen LogP contribution is -2.35. The van der Waals surface area contributed by atoms with E-state index in [0.717, 1.165) is 43.2 Å². The van der Waals surface area contributed by atoms with Crippen molar-refractivity contribution in [3.63, 3.8) is 0 Å². The number of esters is 1. The van der Waals surface area contributed by atoms with Gasteiger partial charge in [0.25, 0.3) is 0 Å². The standard InChI is InChI=1S/C24H30O5/c1-26-22-13-12-18(16-23(22)27-2)14-15-28-21-11-7-6-10-20(21)24(25)29-17-19-8-4-3-5-9-19/h3-5,8-9,12-13,16,20-21H,6-7,10-11,14-15,17H2,1-2H3/t20?,21-/m1/s1. The summed E-state index contributed by atoms with van der Waals surface area (Å²) in [6.07, 6.45) is 4.53. The Balaban J connectivity index is 1.51. The molecule has 156 valence electrons. The molecule has 5 heteroatoms. The molecule has 29 heavy (non-hydrogen) atoms. The van der Waals surface area contributed by atoms with E-state index in [1.165, 1.54) is 0 Å². The Morgan fingerprint density at radius 2 is 1.69 bits per heavy atom. The van der Waals surface area contributed by atoms with Gasteiger partial charge in [-0.2, -0.15) is 0 Å². The van der Waals surface area contributed by atoms with E-state index in [4.69, 9.17) is 18.9 Å². The molecule has 0 N–H and O–H groups in total. The summed E-state index contributed by atoms with van der Waals surface area (Å²) in [4.78, 5) is 12.6. The first-order chi connectivity index (χ1) is 14.2. The third-order valence-electron chi connectivity index (χ3n) is 5.40. The minimum Gasteiger partial charge on any atom is -0.493 e. The summed E-state index contributed by atoms with van der Waals surface area (Å²) in [5.74, 6) is 1.10. The molecule has 1 fully saturated rings. The molecular weight excluding hydrogens is 368 g/mol. The summed E-state index contributed by atoms with van der Waals surface area (Å²) in [7, 11) is 3.26. The van der Waals surface area contributed by atoms with Crippen molar-refractivity contribution in [3.8, 4) is 11.5 Å². The molecule has 1 aliphatic rings. The fraction of sp³-hybridized carbons (Fsp3) is 0.458. The number of rotatable bonds is 9. The molecule has 0 saturated heterocycles. The monoisotopic (exact) mass is 398 g/mol. The molecule has 0 radical (unpaired) electrons. The molecule has 2 atom stereocenters. The van der Waals surface area contributed by atoms with Crippen molar-refractivity contribution in [1.82, 2.24) is 0 Å². The van der Waals surface area contributed by atoms with Gasteiger partial charge in [-0.3, -0.25) is 4.79 Å². The highest BCUT2D eigenvalue weighted by Crippen LogP contribution is 2.30. The molecule has 1 aliphatic carbocycles. The van der Waals surface area contributed by atoms with Crippen LogP contribution in [0.4, 0.5) is 0 Å². The molecule has 0 heterocycles. The Hall–Kier alpha value is -2.53. The van der Waals surface area contributed by atoms with Crippen molar-refractivity contribution in [3.05, 3.63) is 59.7 Å². The van der Waals surface area contributed by atoms with Crippen LogP contribution in [0.5, 0.6) is 11.5 Å². The minimum atomic E-state index is -0.183. The number of carbonyl (C=O) groups excluding carboxylic acids is 1. The van der Waals surface area contributed by atoms with E-state index in [1.54, 1.807) is 14.2 Å². The summed E-state index contributed by atoms with van der Waals surface area (Å²) in [6, 6.07) is 15.7. The van der Waals surface area contributed by atoms with Gasteiger partial charge in [0.1, 0.15) is 6.61 Å². The number of methoxy groups -OCH3 is 2. The lowest BCUT2D eigenvalue weighted by Gasteiger charge is -2.30. The molecule has 2 aromatic carbocycles. The van der Waals surface area contributed by atoms with Gasteiger partial charge in [-0.1, -0.05) is 49.2 Å². The fourth-order valence-corrected chi connectivity index (χ4v) is 3.77. The summed E-state index contributed by atoms with van der Waals surface area (Å²) >= 11 is 0. The summed E-state index contributed by atoms with van der Waals surface area (Å²) in [5.41, 5.74) is 2.12. The molecule has 2 aromatic rings. The van der Waals surface area contributed by atoms with Gasteiger partial charge in [0.2, 0.25) is 0 Å². The van der Waals surface area contributed by atoms with E-state index in [-0.39, 0.29) is 18.0 Å². The topological polar surface area (TPSA) is 54.0 Å². The second kappa shape index (κ2) is 10.9. The maximum absolute atomic E-state index is 12.6. The van der Waals surface area contributed by atoms with Gasteiger partial charge in [0.05, 0.1) is 32.8 Å². The predicted molar refractivity (Wildman–Crippen MR) is 111 cm³/mol. The minimum absolute atomic E-state index is 0.0767. The van der Waals surface area contributed by atoms with Gasteiger partial charge in [-0.25, -0.2) is 0 Å². The van der Waals surface area contributed by atoms with Gasteiger partial charge < -0.3 is 18.9 Å². The van der Waals surface area contributed by atoms with Crippen molar-refractivity contribution in [2.75, 3.05) is 20.8 Å². The van der Waals surface area contributed by atoms with Crippen LogP contribution in [-0.4, -0.2) is 32.9 Å². The van der Waals surface area contributed by atoms with E-state index in [0.29, 0.717) is 24.7 Å². The molecule has 0 amide bonds. The number of hydrogen-bond acceptors (Lipinski definition) is 5. The molecule has 1 unspecified atom stereocenters. The Bertz CT molecular complexity index is 774. The number of benzene rings is 2. The van der Waals surface area contributed by atoms with Crippen molar-refractivity contribution < 1.29 is 23.7 Å². The smallest absolute Gasteiger partial charge is 0.311 e. The third kappa shape index (κ3) is 5.97. The Kier molecular flexibility index (Phi) is 7.94. The molecule has 0 bridgehead atoms. The highest BCUT2D eigenvalue weighted by Gasteiger charge is 2.32. The summed E-state index contributed by atoms with van der Waals surface area (Å²) < 4.78 is 22.3. The van der Waals surface area contributed by atoms with Crippen molar-refractivity contribution in [1.29, 1.82) is 0 Å². The predicted octanol–water partition coefficient (Wildman–Crippen LogP) is 4.57. The van der Waals surface area contributed by atoms with Crippen LogP contribution < -0.4 is 9.47 Å². The maximum Gasteiger partial charge on any atom is 0.311 e. The average Bonchev–Trinajstić information content (AvgIpc) is 2.78. The molecule has 3 rings (SSSR count). The molecule has 0 spiro atoms. The average molecular weight is 398 g/mol. The summed E-state index contributed by atoms with van der Waals surface area (Å²) in [5, 5.41) is 0. The van der Waals surface area contributed by atoms with Gasteiger partial charge in [-0.05, 0) is 42.5 Å². The third-order valence-corrected chi connectivity index (χ3v) is 5.40. The first-order valence-electron chi connectivity index (χ1n) is 10.2. The first-order valence-corrected chi connectivity index (χ1v) is 10.2. The van der Waals surface area contributed by atoms with E-state index in [1.807, 2.05) is 48.5 Å². The SMILES string of the molecule is COc1ccc(CCO[C@@H]2CCCCC2C(=O)OCc2ccccc2)cc1OC. The largest absolute Gasteiger partial charge is 0.493 e. The molecule has 1 saturated carbocycles. The number of ether oxygens (including phenoxy) is 4. The highest BCUT2D eigenvalue weighted by atomic mass is 16.5. The zero-order chi connectivity index (χ0) is 20.5. The van der Waals surface area contributed by atoms with E-state index >= 15 is 0 Å². The zero-order valence-electron chi connectivity index (χ0n) is 17.3. The Labute approximate surface area is 172 Å². The van der Waals surface area contributed by atoms with Crippen molar-refractivity contribution in [2.24, 2.45) is 5.92 Å². The Morgan fingerprint density at radius 1 is 0.931 bits per heavy atom. The highest BCUT2D eigenvalue weighted by molar-refractivity contribution is 5.73. The normalized spacial score (nSPS) is 18.8. The first kappa shape index (κ1) is 21.2. The van der Waals surface area contributed by atoms with Crippen molar-refractivity contribution >= 4 is 5.97 Å². The van der Waals surface area contributed by atoms with Crippen LogP contribution in [0.2, 0.25) is 0 Å². The van der Waals surface area contributed by atoms with E-state index in [9.17, 15) is 4.79 Å². The molecule has 0 aromatic heterocycles.